The van der Waals surface area contributed by atoms with E-state index >= 15 is 0 Å². The fourth-order valence-electron chi connectivity index (χ4n) is 2.10. The first-order valence-corrected chi connectivity index (χ1v) is 6.73. The van der Waals surface area contributed by atoms with Crippen LogP contribution >= 0.6 is 15.9 Å². The Morgan fingerprint density at radius 1 is 1.11 bits per heavy atom. The van der Waals surface area contributed by atoms with Crippen molar-refractivity contribution in [2.45, 2.75) is 6.54 Å². The molecule has 0 radical (unpaired) electrons. The molecule has 0 aliphatic rings. The first-order valence-electron chi connectivity index (χ1n) is 5.93. The molecule has 0 N–H and O–H groups in total. The predicted molar refractivity (Wildman–Crippen MR) is 79.2 cm³/mol. The molecule has 0 saturated heterocycles. The Bertz CT molecular complexity index is 795. The minimum absolute atomic E-state index is 0.0407. The first kappa shape index (κ1) is 12.1. The molecule has 3 aromatic rings. The van der Waals surface area contributed by atoms with E-state index in [1.54, 1.807) is 0 Å². The maximum atomic E-state index is 11.8. The lowest BCUT2D eigenvalue weighted by Gasteiger charge is -2.09. The van der Waals surface area contributed by atoms with Gasteiger partial charge in [-0.05, 0) is 29.8 Å². The molecule has 0 spiro atoms. The number of aromatic nitrogens is 2. The number of fused-ring (bicyclic) bond motifs is 1. The van der Waals surface area contributed by atoms with Crippen LogP contribution in [0.5, 0.6) is 0 Å². The van der Waals surface area contributed by atoms with E-state index in [1.165, 1.54) is 6.20 Å². The average Bonchev–Trinajstić information content (AvgIpc) is 2.42. The molecule has 0 bridgehead atoms. The molecular weight excluding hydrogens is 304 g/mol. The Morgan fingerprint density at radius 3 is 2.79 bits per heavy atom. The number of para-hydroxylation sites is 1. The van der Waals surface area contributed by atoms with Gasteiger partial charge in [-0.15, -0.1) is 0 Å². The minimum Gasteiger partial charge on any atom is -0.287 e. The molecule has 2 aromatic carbocycles. The van der Waals surface area contributed by atoms with Crippen LogP contribution in [0.1, 0.15) is 5.56 Å². The van der Waals surface area contributed by atoms with Crippen LogP contribution < -0.4 is 5.43 Å². The molecule has 4 heteroatoms. The summed E-state index contributed by atoms with van der Waals surface area (Å²) in [7, 11) is 0. The Labute approximate surface area is 118 Å². The summed E-state index contributed by atoms with van der Waals surface area (Å²) >= 11 is 3.46. The molecule has 94 valence electrons. The van der Waals surface area contributed by atoms with E-state index in [1.807, 2.05) is 47.1 Å². The second-order valence-electron chi connectivity index (χ2n) is 4.31. The SMILES string of the molecule is O=c1cnn(Cc2cccc(Br)c2)c2ccccc12. The molecule has 0 amide bonds. The third kappa shape index (κ3) is 2.44. The van der Waals surface area contributed by atoms with Crippen LogP contribution in [0.4, 0.5) is 0 Å². The first-order chi connectivity index (χ1) is 9.24. The van der Waals surface area contributed by atoms with Crippen LogP contribution in [-0.2, 0) is 6.54 Å². The molecule has 0 saturated carbocycles. The zero-order valence-electron chi connectivity index (χ0n) is 10.1. The number of benzene rings is 2. The normalized spacial score (nSPS) is 10.8. The highest BCUT2D eigenvalue weighted by Crippen LogP contribution is 2.14. The molecule has 19 heavy (non-hydrogen) atoms. The van der Waals surface area contributed by atoms with Gasteiger partial charge in [0.1, 0.15) is 0 Å². The van der Waals surface area contributed by atoms with E-state index in [0.29, 0.717) is 11.9 Å². The number of hydrogen-bond acceptors (Lipinski definition) is 2. The van der Waals surface area contributed by atoms with Gasteiger partial charge < -0.3 is 0 Å². The van der Waals surface area contributed by atoms with Crippen LogP contribution in [-0.4, -0.2) is 9.78 Å². The smallest absolute Gasteiger partial charge is 0.207 e. The zero-order valence-corrected chi connectivity index (χ0v) is 11.7. The predicted octanol–water partition coefficient (Wildman–Crippen LogP) is 3.21. The molecule has 0 unspecified atom stereocenters. The van der Waals surface area contributed by atoms with Gasteiger partial charge in [0.25, 0.3) is 0 Å². The molecule has 1 aromatic heterocycles. The van der Waals surface area contributed by atoms with Gasteiger partial charge in [0.15, 0.2) is 0 Å². The Morgan fingerprint density at radius 2 is 1.95 bits per heavy atom. The van der Waals surface area contributed by atoms with Crippen molar-refractivity contribution in [3.63, 3.8) is 0 Å². The van der Waals surface area contributed by atoms with Crippen LogP contribution in [0.3, 0.4) is 0 Å². The lowest BCUT2D eigenvalue weighted by atomic mass is 10.2. The summed E-state index contributed by atoms with van der Waals surface area (Å²) in [5.41, 5.74) is 1.95. The average molecular weight is 315 g/mol. The van der Waals surface area contributed by atoms with Crippen molar-refractivity contribution < 1.29 is 0 Å². The fourth-order valence-corrected chi connectivity index (χ4v) is 2.54. The Kier molecular flexibility index (Phi) is 3.17. The van der Waals surface area contributed by atoms with Crippen LogP contribution in [0.2, 0.25) is 0 Å². The van der Waals surface area contributed by atoms with Crippen molar-refractivity contribution in [3.8, 4) is 0 Å². The van der Waals surface area contributed by atoms with Crippen molar-refractivity contribution in [2.75, 3.05) is 0 Å². The topological polar surface area (TPSA) is 34.9 Å². The highest BCUT2D eigenvalue weighted by atomic mass is 79.9. The summed E-state index contributed by atoms with van der Waals surface area (Å²) in [6.45, 7) is 0.639. The Hall–Kier alpha value is -1.94. The van der Waals surface area contributed by atoms with E-state index in [9.17, 15) is 4.79 Å². The molecule has 0 fully saturated rings. The van der Waals surface area contributed by atoms with E-state index in [2.05, 4.69) is 27.1 Å². The van der Waals surface area contributed by atoms with Crippen LogP contribution in [0, 0.1) is 0 Å². The van der Waals surface area contributed by atoms with Crippen molar-refractivity contribution in [3.05, 3.63) is 75.0 Å². The van der Waals surface area contributed by atoms with E-state index in [0.717, 1.165) is 15.6 Å². The van der Waals surface area contributed by atoms with Gasteiger partial charge in [0.05, 0.1) is 18.3 Å². The van der Waals surface area contributed by atoms with Gasteiger partial charge in [0.2, 0.25) is 5.43 Å². The van der Waals surface area contributed by atoms with Crippen molar-refractivity contribution in [1.82, 2.24) is 9.78 Å². The number of rotatable bonds is 2. The van der Waals surface area contributed by atoms with E-state index in [4.69, 9.17) is 0 Å². The van der Waals surface area contributed by atoms with Crippen molar-refractivity contribution >= 4 is 26.8 Å². The van der Waals surface area contributed by atoms with Crippen molar-refractivity contribution in [1.29, 1.82) is 0 Å². The lowest BCUT2D eigenvalue weighted by Crippen LogP contribution is -2.12. The van der Waals surface area contributed by atoms with Gasteiger partial charge in [-0.2, -0.15) is 5.10 Å². The summed E-state index contributed by atoms with van der Waals surface area (Å²) in [6, 6.07) is 15.6. The molecule has 0 aliphatic carbocycles. The maximum Gasteiger partial charge on any atom is 0.207 e. The largest absolute Gasteiger partial charge is 0.287 e. The van der Waals surface area contributed by atoms with Gasteiger partial charge in [-0.1, -0.05) is 40.2 Å². The summed E-state index contributed by atoms with van der Waals surface area (Å²) in [5, 5.41) is 4.92. The molecule has 3 nitrogen and oxygen atoms in total. The third-order valence-electron chi connectivity index (χ3n) is 2.98. The highest BCUT2D eigenvalue weighted by Gasteiger charge is 2.04. The number of nitrogens with zero attached hydrogens (tertiary/aromatic N) is 2. The van der Waals surface area contributed by atoms with Crippen LogP contribution in [0.25, 0.3) is 10.9 Å². The van der Waals surface area contributed by atoms with Gasteiger partial charge in [-0.3, -0.25) is 9.48 Å². The van der Waals surface area contributed by atoms with E-state index in [-0.39, 0.29) is 5.43 Å². The summed E-state index contributed by atoms with van der Waals surface area (Å²) in [5.74, 6) is 0. The van der Waals surface area contributed by atoms with Crippen molar-refractivity contribution in [2.24, 2.45) is 0 Å². The third-order valence-corrected chi connectivity index (χ3v) is 3.48. The minimum atomic E-state index is -0.0407. The Balaban J connectivity index is 2.11. The maximum absolute atomic E-state index is 11.8. The van der Waals surface area contributed by atoms with Gasteiger partial charge >= 0.3 is 0 Å². The number of hydrogen-bond donors (Lipinski definition) is 0. The second kappa shape index (κ2) is 4.97. The number of halogens is 1. The quantitative estimate of drug-likeness (QED) is 0.728. The van der Waals surface area contributed by atoms with E-state index < -0.39 is 0 Å². The second-order valence-corrected chi connectivity index (χ2v) is 5.23. The molecule has 0 aliphatic heterocycles. The zero-order chi connectivity index (χ0) is 13.2. The standard InChI is InChI=1S/C15H11BrN2O/c16-12-5-3-4-11(8-12)10-18-14-7-2-1-6-13(14)15(19)9-17-18/h1-9H,10H2. The summed E-state index contributed by atoms with van der Waals surface area (Å²) in [6.07, 6.45) is 1.38. The van der Waals surface area contributed by atoms with Gasteiger partial charge in [-0.25, -0.2) is 0 Å². The van der Waals surface area contributed by atoms with Gasteiger partial charge in [0, 0.05) is 9.86 Å². The monoisotopic (exact) mass is 314 g/mol. The lowest BCUT2D eigenvalue weighted by molar-refractivity contribution is 0.694. The molecule has 0 atom stereocenters. The molecule has 1 heterocycles. The molecule has 3 rings (SSSR count). The fraction of sp³-hybridized carbons (Fsp3) is 0.0667. The van der Waals surface area contributed by atoms with Crippen LogP contribution in [0.15, 0.2) is 64.0 Å². The summed E-state index contributed by atoms with van der Waals surface area (Å²) < 4.78 is 2.88. The summed E-state index contributed by atoms with van der Waals surface area (Å²) in [4.78, 5) is 11.8. The highest BCUT2D eigenvalue weighted by molar-refractivity contribution is 9.10. The molecular formula is C15H11BrN2O.